The highest BCUT2D eigenvalue weighted by molar-refractivity contribution is 7.92. The van der Waals surface area contributed by atoms with Crippen molar-refractivity contribution in [1.29, 1.82) is 0 Å². The first-order valence-corrected chi connectivity index (χ1v) is 11.4. The first-order valence-electron chi connectivity index (χ1n) is 9.53. The van der Waals surface area contributed by atoms with Crippen LogP contribution in [0, 0.1) is 6.92 Å². The number of nitrogens with zero attached hydrogens (tertiary/aromatic N) is 1. The molecule has 1 aliphatic rings. The van der Waals surface area contributed by atoms with Gasteiger partial charge in [-0.1, -0.05) is 42.1 Å². The van der Waals surface area contributed by atoms with E-state index in [4.69, 9.17) is 16.3 Å². The van der Waals surface area contributed by atoms with Crippen molar-refractivity contribution in [3.05, 3.63) is 53.1 Å². The van der Waals surface area contributed by atoms with Crippen LogP contribution >= 0.6 is 11.6 Å². The Hall–Kier alpha value is -2.25. The van der Waals surface area contributed by atoms with E-state index in [0.717, 1.165) is 35.6 Å². The number of methoxy groups -OCH3 is 1. The van der Waals surface area contributed by atoms with E-state index in [-0.39, 0.29) is 29.1 Å². The van der Waals surface area contributed by atoms with E-state index in [9.17, 15) is 13.2 Å². The summed E-state index contributed by atoms with van der Waals surface area (Å²) in [5, 5.41) is 3.29. The largest absolute Gasteiger partial charge is 0.495 e. The maximum Gasteiger partial charge on any atom is 0.264 e. The van der Waals surface area contributed by atoms with Crippen LogP contribution < -0.4 is 14.4 Å². The average molecular weight is 437 g/mol. The van der Waals surface area contributed by atoms with Crippen LogP contribution in [0.2, 0.25) is 5.02 Å². The quantitative estimate of drug-likeness (QED) is 0.713. The number of benzene rings is 2. The number of hydrogen-bond acceptors (Lipinski definition) is 4. The van der Waals surface area contributed by atoms with Crippen LogP contribution in [0.1, 0.15) is 31.2 Å². The number of rotatable bonds is 7. The monoisotopic (exact) mass is 436 g/mol. The summed E-state index contributed by atoms with van der Waals surface area (Å²) < 4.78 is 33.3. The molecule has 0 aliphatic heterocycles. The smallest absolute Gasteiger partial charge is 0.264 e. The van der Waals surface area contributed by atoms with Gasteiger partial charge in [0.2, 0.25) is 5.91 Å². The maximum absolute atomic E-state index is 13.4. The van der Waals surface area contributed by atoms with Gasteiger partial charge in [0.1, 0.15) is 12.3 Å². The van der Waals surface area contributed by atoms with Crippen LogP contribution in [0.4, 0.5) is 5.69 Å². The highest BCUT2D eigenvalue weighted by Crippen LogP contribution is 2.34. The lowest BCUT2D eigenvalue weighted by Gasteiger charge is -2.26. The second-order valence-corrected chi connectivity index (χ2v) is 9.49. The molecule has 6 nitrogen and oxygen atoms in total. The van der Waals surface area contributed by atoms with Gasteiger partial charge in [0, 0.05) is 11.1 Å². The van der Waals surface area contributed by atoms with E-state index in [2.05, 4.69) is 5.32 Å². The molecule has 0 spiro atoms. The SMILES string of the molecule is COc1ccc(Cl)cc1N(CC(=O)NC1CCCC1)S(=O)(=O)c1ccc(C)cc1. The first kappa shape index (κ1) is 21.5. The maximum atomic E-state index is 13.4. The molecule has 1 fully saturated rings. The Morgan fingerprint density at radius 1 is 1.17 bits per heavy atom. The fraction of sp³-hybridized carbons (Fsp3) is 0.381. The lowest BCUT2D eigenvalue weighted by atomic mass is 10.2. The van der Waals surface area contributed by atoms with Crippen LogP contribution in [-0.2, 0) is 14.8 Å². The number of hydrogen-bond donors (Lipinski definition) is 1. The summed E-state index contributed by atoms with van der Waals surface area (Å²) in [4.78, 5) is 12.8. The first-order chi connectivity index (χ1) is 13.8. The molecule has 1 amide bonds. The highest BCUT2D eigenvalue weighted by Gasteiger charge is 2.30. The van der Waals surface area contributed by atoms with E-state index in [1.54, 1.807) is 24.3 Å². The lowest BCUT2D eigenvalue weighted by Crippen LogP contribution is -2.43. The number of halogens is 1. The third-order valence-corrected chi connectivity index (χ3v) is 7.04. The van der Waals surface area contributed by atoms with Crippen molar-refractivity contribution in [3.8, 4) is 5.75 Å². The van der Waals surface area contributed by atoms with Gasteiger partial charge in [-0.2, -0.15) is 0 Å². The van der Waals surface area contributed by atoms with Crippen molar-refractivity contribution >= 4 is 33.2 Å². The lowest BCUT2D eigenvalue weighted by molar-refractivity contribution is -0.120. The molecule has 1 N–H and O–H groups in total. The molecule has 0 radical (unpaired) electrons. The predicted octanol–water partition coefficient (Wildman–Crippen LogP) is 3.91. The number of anilines is 1. The van der Waals surface area contributed by atoms with Gasteiger partial charge in [-0.3, -0.25) is 9.10 Å². The van der Waals surface area contributed by atoms with Crippen LogP contribution in [0.15, 0.2) is 47.4 Å². The minimum absolute atomic E-state index is 0.0904. The molecule has 0 aromatic heterocycles. The van der Waals surface area contributed by atoms with Gasteiger partial charge in [0.15, 0.2) is 0 Å². The van der Waals surface area contributed by atoms with Gasteiger partial charge in [-0.05, 0) is 50.1 Å². The Morgan fingerprint density at radius 3 is 2.45 bits per heavy atom. The molecular formula is C21H25ClN2O4S. The molecule has 0 unspecified atom stereocenters. The Kier molecular flexibility index (Phi) is 6.70. The Labute approximate surface area is 176 Å². The minimum atomic E-state index is -4.02. The summed E-state index contributed by atoms with van der Waals surface area (Å²) in [7, 11) is -2.57. The van der Waals surface area contributed by atoms with E-state index in [0.29, 0.717) is 10.8 Å². The molecule has 8 heteroatoms. The third kappa shape index (κ3) is 5.03. The zero-order chi connectivity index (χ0) is 21.0. The number of carbonyl (C=O) groups excluding carboxylic acids is 1. The summed E-state index contributed by atoms with van der Waals surface area (Å²) in [6.45, 7) is 1.52. The molecule has 2 aromatic carbocycles. The molecule has 0 saturated heterocycles. The minimum Gasteiger partial charge on any atom is -0.495 e. The van der Waals surface area contributed by atoms with E-state index in [1.807, 2.05) is 6.92 Å². The Balaban J connectivity index is 2.00. The second-order valence-electron chi connectivity index (χ2n) is 7.19. The Bertz CT molecular complexity index is 971. The molecular weight excluding hydrogens is 412 g/mol. The predicted molar refractivity (Wildman–Crippen MR) is 114 cm³/mol. The van der Waals surface area contributed by atoms with Gasteiger partial charge in [0.05, 0.1) is 17.7 Å². The summed E-state index contributed by atoms with van der Waals surface area (Å²) >= 11 is 6.13. The van der Waals surface area contributed by atoms with Crippen LogP contribution in [0.5, 0.6) is 5.75 Å². The number of ether oxygens (including phenoxy) is 1. The molecule has 3 rings (SSSR count). The average Bonchev–Trinajstić information content (AvgIpc) is 3.19. The topological polar surface area (TPSA) is 75.7 Å². The van der Waals surface area contributed by atoms with Gasteiger partial charge in [-0.15, -0.1) is 0 Å². The number of nitrogens with one attached hydrogen (secondary N) is 1. The summed E-state index contributed by atoms with van der Waals surface area (Å²) in [6, 6.07) is 11.3. The Morgan fingerprint density at radius 2 is 1.83 bits per heavy atom. The molecule has 156 valence electrons. The van der Waals surface area contributed by atoms with Gasteiger partial charge in [0.25, 0.3) is 10.0 Å². The summed E-state index contributed by atoms with van der Waals surface area (Å²) in [6.07, 6.45) is 3.96. The zero-order valence-corrected chi connectivity index (χ0v) is 18.1. The molecule has 2 aromatic rings. The van der Waals surface area contributed by atoms with Crippen LogP contribution in [0.25, 0.3) is 0 Å². The molecule has 0 atom stereocenters. The molecule has 1 aliphatic carbocycles. The van der Waals surface area contributed by atoms with Crippen molar-refractivity contribution in [3.63, 3.8) is 0 Å². The fourth-order valence-electron chi connectivity index (χ4n) is 3.47. The van der Waals surface area contributed by atoms with Crippen molar-refractivity contribution in [2.75, 3.05) is 18.0 Å². The van der Waals surface area contributed by atoms with Gasteiger partial charge < -0.3 is 10.1 Å². The standard InChI is InChI=1S/C21H25ClN2O4S/c1-15-7-10-18(11-8-15)29(26,27)24(14-21(25)23-17-5-3-4-6-17)19-13-16(22)9-12-20(19)28-2/h7-13,17H,3-6,14H2,1-2H3,(H,23,25). The van der Waals surface area contributed by atoms with E-state index < -0.39 is 10.0 Å². The van der Waals surface area contributed by atoms with Gasteiger partial charge in [-0.25, -0.2) is 8.42 Å². The summed E-state index contributed by atoms with van der Waals surface area (Å²) in [5.74, 6) is -0.0339. The molecule has 0 bridgehead atoms. The highest BCUT2D eigenvalue weighted by atomic mass is 35.5. The van der Waals surface area contributed by atoms with Gasteiger partial charge >= 0.3 is 0 Å². The van der Waals surface area contributed by atoms with Crippen molar-refractivity contribution in [2.45, 2.75) is 43.5 Å². The van der Waals surface area contributed by atoms with Crippen LogP contribution in [0.3, 0.4) is 0 Å². The zero-order valence-electron chi connectivity index (χ0n) is 16.5. The van der Waals surface area contributed by atoms with Crippen molar-refractivity contribution in [2.24, 2.45) is 0 Å². The van der Waals surface area contributed by atoms with Crippen molar-refractivity contribution in [1.82, 2.24) is 5.32 Å². The van der Waals surface area contributed by atoms with Crippen LogP contribution in [-0.4, -0.2) is 34.0 Å². The second kappa shape index (κ2) is 9.05. The number of amides is 1. The van der Waals surface area contributed by atoms with Crippen molar-refractivity contribution < 1.29 is 17.9 Å². The molecule has 1 saturated carbocycles. The number of carbonyl (C=O) groups is 1. The number of sulfonamides is 1. The van der Waals surface area contributed by atoms with E-state index >= 15 is 0 Å². The normalized spacial score (nSPS) is 14.6. The summed E-state index contributed by atoms with van der Waals surface area (Å²) in [5.41, 5.74) is 1.16. The molecule has 0 heterocycles. The molecule has 29 heavy (non-hydrogen) atoms. The fourth-order valence-corrected chi connectivity index (χ4v) is 5.06. The number of aryl methyl sites for hydroxylation is 1. The van der Waals surface area contributed by atoms with E-state index in [1.165, 1.54) is 25.3 Å². The third-order valence-electron chi connectivity index (χ3n) is 5.03.